The summed E-state index contributed by atoms with van der Waals surface area (Å²) in [6.45, 7) is -4.90. The normalized spacial score (nSPS) is 33.1. The van der Waals surface area contributed by atoms with Crippen molar-refractivity contribution in [3.63, 3.8) is 0 Å². The summed E-state index contributed by atoms with van der Waals surface area (Å²) in [7, 11) is -3.31. The topological polar surface area (TPSA) is 277 Å². The second-order valence-electron chi connectivity index (χ2n) is 10.0. The van der Waals surface area contributed by atoms with Crippen LogP contribution >= 0.6 is 15.0 Å². The largest absolute Gasteiger partial charge is 0.695 e. The predicted molar refractivity (Wildman–Crippen MR) is 145 cm³/mol. The molecule has 4 unspecified atom stereocenters. The molecule has 0 radical (unpaired) electrons. The Bertz CT molecular complexity index is 1960. The van der Waals surface area contributed by atoms with Gasteiger partial charge in [-0.25, -0.2) is 19.3 Å². The van der Waals surface area contributed by atoms with Crippen LogP contribution in [0.25, 0.3) is 22.3 Å². The summed E-state index contributed by atoms with van der Waals surface area (Å²) in [6.07, 6.45) is -7.07. The molecule has 0 aromatic carbocycles. The van der Waals surface area contributed by atoms with E-state index in [0.29, 0.717) is 0 Å². The first-order valence-corrected chi connectivity index (χ1v) is 16.4. The van der Waals surface area contributed by atoms with Crippen molar-refractivity contribution in [2.24, 2.45) is 5.92 Å². The number of nitrogens with two attached hydrogens (primary N) is 1. The van der Waals surface area contributed by atoms with Gasteiger partial charge in [0.05, 0.1) is 37.8 Å². The number of rotatable bonds is 9. The van der Waals surface area contributed by atoms with Gasteiger partial charge in [-0.2, -0.15) is 4.98 Å². The monoisotopic (exact) mass is 676 g/mol. The summed E-state index contributed by atoms with van der Waals surface area (Å²) in [6, 6.07) is 0. The molecule has 1 aliphatic carbocycles. The Balaban J connectivity index is 1.11. The molecule has 2 aliphatic heterocycles. The Hall–Kier alpha value is -3.14. The van der Waals surface area contributed by atoms with E-state index in [9.17, 15) is 29.0 Å². The average molecular weight is 676 g/mol. The molecule has 2 saturated heterocycles. The van der Waals surface area contributed by atoms with Gasteiger partial charge < -0.3 is 39.2 Å². The van der Waals surface area contributed by atoms with Crippen LogP contribution in [0, 0.1) is 5.92 Å². The third-order valence-electron chi connectivity index (χ3n) is 7.43. The number of hydrogen-bond donors (Lipinski definition) is 6. The Morgan fingerprint density at radius 1 is 1.11 bits per heavy atom. The lowest BCUT2D eigenvalue weighted by Gasteiger charge is -2.28. The molecule has 7 rings (SSSR count). The fourth-order valence-corrected chi connectivity index (χ4v) is 7.32. The molecule has 4 aromatic heterocycles. The van der Waals surface area contributed by atoms with Gasteiger partial charge in [0, 0.05) is 10.5 Å². The SMILES string of the molecule is Nc1nc2c(ncn2[C@@H]2O[C@@H]3C(O)C3[C@H]2OP(O)(=S)OC[C@H]2O[C@@H](n3cnc4c(=O)[nH]cnc43)[C@@H](F)[C@@H]2O[P+](=O)O)c(=O)[nH]1. The number of aromatic nitrogens is 8. The van der Waals surface area contributed by atoms with Gasteiger partial charge in [0.25, 0.3) is 11.1 Å². The number of imidazole rings is 2. The maximum absolute atomic E-state index is 15.6. The van der Waals surface area contributed by atoms with Crippen LogP contribution in [0.1, 0.15) is 12.5 Å². The number of anilines is 1. The van der Waals surface area contributed by atoms with E-state index in [1.165, 1.54) is 10.9 Å². The standard InChI is InChI=1S/C20H20FN9O11P2S/c21-7-11(40-42(34)35)5(38-18(7)29-3-25-8-14(29)23-2-24-16(8)32)1-37-43(36,44)41-13-6-10(31)12(6)39-19(13)30-4-26-9-15(30)27-20(22)28-17(9)33/h2-7,10-13,18-19,31H,1H2,(H5-,22,23,24,27,28,32,33,34,35,36,44)/p+1/t5-,6?,7+,10?,11-,12+,13-,18-,19-,43?/m1/s1. The number of hydrogen-bond acceptors (Lipinski definition) is 15. The molecule has 7 N–H and O–H groups in total. The van der Waals surface area contributed by atoms with Gasteiger partial charge in [0.2, 0.25) is 5.95 Å². The molecule has 1 saturated carbocycles. The van der Waals surface area contributed by atoms with Crippen molar-refractivity contribution >= 4 is 55.1 Å². The van der Waals surface area contributed by atoms with Crippen LogP contribution in [0.4, 0.5) is 10.3 Å². The average Bonchev–Trinajstić information content (AvgIpc) is 3.43. The molecule has 3 fully saturated rings. The van der Waals surface area contributed by atoms with Crippen LogP contribution in [-0.2, 0) is 39.4 Å². The van der Waals surface area contributed by atoms with Crippen LogP contribution in [0.3, 0.4) is 0 Å². The number of alkyl halides is 1. The molecule has 0 spiro atoms. The first-order valence-electron chi connectivity index (χ1n) is 12.7. The fourth-order valence-electron chi connectivity index (χ4n) is 5.43. The van der Waals surface area contributed by atoms with E-state index in [0.717, 1.165) is 17.2 Å². The van der Waals surface area contributed by atoms with Crippen LogP contribution in [0.15, 0.2) is 28.6 Å². The molecule has 24 heteroatoms. The maximum Gasteiger partial charge on any atom is 0.695 e. The molecule has 44 heavy (non-hydrogen) atoms. The van der Waals surface area contributed by atoms with Crippen molar-refractivity contribution in [3.05, 3.63) is 39.7 Å². The molecule has 4 aromatic rings. The minimum atomic E-state index is -4.23. The van der Waals surface area contributed by atoms with Gasteiger partial charge in [-0.3, -0.25) is 23.7 Å². The van der Waals surface area contributed by atoms with Crippen molar-refractivity contribution in [2.45, 2.75) is 49.1 Å². The van der Waals surface area contributed by atoms with E-state index in [-0.39, 0.29) is 28.3 Å². The molecular weight excluding hydrogens is 655 g/mol. The van der Waals surface area contributed by atoms with Crippen molar-refractivity contribution < 1.29 is 46.9 Å². The summed E-state index contributed by atoms with van der Waals surface area (Å²) in [5.41, 5.74) is 4.36. The number of fused-ring (bicyclic) bond motifs is 3. The number of nitrogen functional groups attached to an aromatic ring is 1. The Morgan fingerprint density at radius 3 is 2.55 bits per heavy atom. The predicted octanol–water partition coefficient (Wildman–Crippen LogP) is -1.39. The summed E-state index contributed by atoms with van der Waals surface area (Å²) < 4.78 is 57.2. The third kappa shape index (κ3) is 4.97. The van der Waals surface area contributed by atoms with Crippen molar-refractivity contribution in [1.82, 2.24) is 39.0 Å². The summed E-state index contributed by atoms with van der Waals surface area (Å²) in [4.78, 5) is 65.3. The Morgan fingerprint density at radius 2 is 1.82 bits per heavy atom. The van der Waals surface area contributed by atoms with E-state index < -0.39 is 87.8 Å². The first-order chi connectivity index (χ1) is 20.9. The molecule has 3 aliphatic rings. The van der Waals surface area contributed by atoms with E-state index in [4.69, 9.17) is 40.6 Å². The van der Waals surface area contributed by atoms with Gasteiger partial charge in [-0.1, -0.05) is 0 Å². The lowest BCUT2D eigenvalue weighted by molar-refractivity contribution is -0.0681. The zero-order valence-corrected chi connectivity index (χ0v) is 24.3. The maximum atomic E-state index is 15.6. The van der Waals surface area contributed by atoms with E-state index in [1.807, 2.05) is 0 Å². The fraction of sp³-hybridized carbons (Fsp3) is 0.500. The highest BCUT2D eigenvalue weighted by Gasteiger charge is 2.66. The highest BCUT2D eigenvalue weighted by atomic mass is 32.5. The number of aliphatic hydroxyl groups excluding tert-OH is 1. The van der Waals surface area contributed by atoms with Gasteiger partial charge in [-0.15, -0.1) is 9.42 Å². The van der Waals surface area contributed by atoms with E-state index >= 15 is 4.39 Å². The van der Waals surface area contributed by atoms with Crippen molar-refractivity contribution in [1.29, 1.82) is 0 Å². The molecule has 0 bridgehead atoms. The molecule has 234 valence electrons. The zero-order valence-electron chi connectivity index (χ0n) is 21.7. The number of ether oxygens (including phenoxy) is 2. The Labute approximate surface area is 248 Å². The summed E-state index contributed by atoms with van der Waals surface area (Å²) in [5, 5.41) is 10.3. The van der Waals surface area contributed by atoms with Gasteiger partial charge in [-0.05, 0) is 11.8 Å². The smallest absolute Gasteiger partial charge is 0.390 e. The van der Waals surface area contributed by atoms with Crippen LogP contribution < -0.4 is 16.9 Å². The minimum absolute atomic E-state index is 0.0270. The first kappa shape index (κ1) is 29.6. The van der Waals surface area contributed by atoms with E-state index in [2.05, 4.69) is 29.9 Å². The summed E-state index contributed by atoms with van der Waals surface area (Å²) in [5.74, 6) is -0.828. The highest BCUT2D eigenvalue weighted by Crippen LogP contribution is 2.58. The number of halogens is 1. The number of nitrogens with one attached hydrogen (secondary N) is 2. The van der Waals surface area contributed by atoms with E-state index in [1.54, 1.807) is 0 Å². The number of nitrogens with zero attached hydrogens (tertiary/aromatic N) is 6. The van der Waals surface area contributed by atoms with Gasteiger partial charge in [0.1, 0.15) is 12.2 Å². The second-order valence-corrected chi connectivity index (χ2v) is 13.5. The van der Waals surface area contributed by atoms with Crippen LogP contribution in [-0.4, -0.2) is 97.2 Å². The minimum Gasteiger partial charge on any atom is -0.390 e. The Kier molecular flexibility index (Phi) is 7.22. The van der Waals surface area contributed by atoms with Crippen LogP contribution in [0.5, 0.6) is 0 Å². The molecule has 20 nitrogen and oxygen atoms in total. The number of aliphatic hydroxyl groups is 1. The van der Waals surface area contributed by atoms with Crippen LogP contribution in [0.2, 0.25) is 0 Å². The third-order valence-corrected chi connectivity index (χ3v) is 9.41. The number of aromatic amines is 2. The van der Waals surface area contributed by atoms with Crippen molar-refractivity contribution in [3.8, 4) is 0 Å². The molecule has 0 amide bonds. The second kappa shape index (κ2) is 10.7. The zero-order chi connectivity index (χ0) is 31.1. The molecule has 6 heterocycles. The van der Waals surface area contributed by atoms with Crippen molar-refractivity contribution in [2.75, 3.05) is 12.3 Å². The quantitative estimate of drug-likeness (QED) is 0.111. The highest BCUT2D eigenvalue weighted by molar-refractivity contribution is 8.07. The van der Waals surface area contributed by atoms with Gasteiger partial charge >= 0.3 is 15.0 Å². The molecule has 11 atom stereocenters. The summed E-state index contributed by atoms with van der Waals surface area (Å²) >= 11 is 5.20. The lowest BCUT2D eigenvalue weighted by Crippen LogP contribution is -2.33. The lowest BCUT2D eigenvalue weighted by atomic mass is 10.1. The molecular formula is C20H21FN9O11P2S+. The number of H-pyrrole nitrogens is 2. The van der Waals surface area contributed by atoms with Gasteiger partial charge in [0.15, 0.2) is 47.1 Å².